The van der Waals surface area contributed by atoms with Crippen LogP contribution in [0, 0.1) is 0 Å². The number of urea groups is 1. The lowest BCUT2D eigenvalue weighted by Gasteiger charge is -2.25. The predicted octanol–water partition coefficient (Wildman–Crippen LogP) is 0.862. The fraction of sp³-hybridized carbons (Fsp3) is 0.467. The predicted molar refractivity (Wildman–Crippen MR) is 80.0 cm³/mol. The maximum atomic E-state index is 11.9. The van der Waals surface area contributed by atoms with E-state index in [1.165, 1.54) is 0 Å². The van der Waals surface area contributed by atoms with Crippen molar-refractivity contribution in [2.45, 2.75) is 31.9 Å². The number of hydrogen-bond donors (Lipinski definition) is 3. The zero-order valence-corrected chi connectivity index (χ0v) is 12.1. The van der Waals surface area contributed by atoms with Gasteiger partial charge in [-0.15, -0.1) is 0 Å². The Labute approximate surface area is 124 Å². The van der Waals surface area contributed by atoms with Crippen LogP contribution in [-0.4, -0.2) is 42.3 Å². The summed E-state index contributed by atoms with van der Waals surface area (Å²) in [5, 5.41) is 14.6. The molecule has 3 amide bonds. The number of amides is 3. The summed E-state index contributed by atoms with van der Waals surface area (Å²) in [7, 11) is 0. The van der Waals surface area contributed by atoms with Crippen LogP contribution in [0.1, 0.15) is 19.8 Å². The molecule has 0 heterocycles. The van der Waals surface area contributed by atoms with Gasteiger partial charge < -0.3 is 15.3 Å². The Kier molecular flexibility index (Phi) is 5.16. The molecule has 0 saturated heterocycles. The van der Waals surface area contributed by atoms with E-state index in [2.05, 4.69) is 10.6 Å². The van der Waals surface area contributed by atoms with Crippen LogP contribution in [0.4, 0.5) is 10.5 Å². The average molecular weight is 291 g/mol. The van der Waals surface area contributed by atoms with E-state index in [1.807, 2.05) is 30.3 Å². The third-order valence-electron chi connectivity index (χ3n) is 3.11. The quantitative estimate of drug-likeness (QED) is 0.726. The van der Waals surface area contributed by atoms with Gasteiger partial charge in [0.15, 0.2) is 0 Å². The monoisotopic (exact) mass is 291 g/mol. The lowest BCUT2D eigenvalue weighted by Crippen LogP contribution is -2.46. The van der Waals surface area contributed by atoms with Gasteiger partial charge >= 0.3 is 6.03 Å². The van der Waals surface area contributed by atoms with Gasteiger partial charge in [-0.05, 0) is 31.9 Å². The lowest BCUT2D eigenvalue weighted by molar-refractivity contribution is -0.118. The Morgan fingerprint density at radius 2 is 2.00 bits per heavy atom. The Balaban J connectivity index is 1.90. The van der Waals surface area contributed by atoms with Crippen molar-refractivity contribution >= 4 is 17.6 Å². The van der Waals surface area contributed by atoms with Gasteiger partial charge in [0.2, 0.25) is 5.91 Å². The van der Waals surface area contributed by atoms with Crippen LogP contribution in [-0.2, 0) is 4.79 Å². The lowest BCUT2D eigenvalue weighted by atomic mass is 10.2. The number of nitrogens with one attached hydrogen (secondary N) is 2. The van der Waals surface area contributed by atoms with E-state index >= 15 is 0 Å². The fourth-order valence-electron chi connectivity index (χ4n) is 2.01. The molecule has 1 aromatic rings. The van der Waals surface area contributed by atoms with Crippen molar-refractivity contribution in [2.24, 2.45) is 0 Å². The van der Waals surface area contributed by atoms with Crippen molar-refractivity contribution in [3.05, 3.63) is 30.3 Å². The van der Waals surface area contributed by atoms with Crippen LogP contribution >= 0.6 is 0 Å². The molecule has 0 aromatic heterocycles. The first-order valence-corrected chi connectivity index (χ1v) is 7.13. The highest BCUT2D eigenvalue weighted by atomic mass is 16.3. The third kappa shape index (κ3) is 5.43. The first-order chi connectivity index (χ1) is 10.0. The summed E-state index contributed by atoms with van der Waals surface area (Å²) in [6.07, 6.45) is 1.37. The van der Waals surface area contributed by atoms with Crippen molar-refractivity contribution in [3.63, 3.8) is 0 Å². The van der Waals surface area contributed by atoms with Crippen LogP contribution in [0.15, 0.2) is 30.3 Å². The molecule has 1 aromatic carbocycles. The summed E-state index contributed by atoms with van der Waals surface area (Å²) < 4.78 is 0. The molecule has 1 fully saturated rings. The number of aliphatic hydroxyl groups excluding tert-OH is 1. The number of para-hydroxylation sites is 1. The van der Waals surface area contributed by atoms with E-state index in [1.54, 1.807) is 11.8 Å². The van der Waals surface area contributed by atoms with E-state index in [0.29, 0.717) is 6.54 Å². The number of hydrogen-bond acceptors (Lipinski definition) is 4. The molecule has 1 aliphatic carbocycles. The molecule has 21 heavy (non-hydrogen) atoms. The second-order valence-electron chi connectivity index (χ2n) is 5.36. The van der Waals surface area contributed by atoms with Gasteiger partial charge in [-0.3, -0.25) is 10.1 Å². The van der Waals surface area contributed by atoms with Crippen LogP contribution in [0.3, 0.4) is 0 Å². The van der Waals surface area contributed by atoms with E-state index in [4.69, 9.17) is 0 Å². The Hall–Kier alpha value is -2.08. The minimum atomic E-state index is -0.571. The number of aliphatic hydroxyl groups is 1. The SMILES string of the molecule is C[C@@H](O)CN(CC(=O)NC(=O)NC1CC1)c1ccccc1. The maximum Gasteiger partial charge on any atom is 0.321 e. The second-order valence-corrected chi connectivity index (χ2v) is 5.36. The van der Waals surface area contributed by atoms with Crippen LogP contribution < -0.4 is 15.5 Å². The minimum absolute atomic E-state index is 0.0208. The fourth-order valence-corrected chi connectivity index (χ4v) is 2.01. The molecule has 1 saturated carbocycles. The molecule has 0 spiro atoms. The van der Waals surface area contributed by atoms with Crippen LogP contribution in [0.2, 0.25) is 0 Å². The van der Waals surface area contributed by atoms with Crippen molar-refractivity contribution < 1.29 is 14.7 Å². The highest BCUT2D eigenvalue weighted by Crippen LogP contribution is 2.18. The van der Waals surface area contributed by atoms with E-state index in [9.17, 15) is 14.7 Å². The second kappa shape index (κ2) is 7.08. The normalized spacial score (nSPS) is 15.1. The van der Waals surface area contributed by atoms with Crippen molar-refractivity contribution in [3.8, 4) is 0 Å². The van der Waals surface area contributed by atoms with Crippen LogP contribution in [0.25, 0.3) is 0 Å². The number of rotatable bonds is 6. The number of imide groups is 1. The smallest absolute Gasteiger partial charge is 0.321 e. The van der Waals surface area contributed by atoms with E-state index in [0.717, 1.165) is 18.5 Å². The summed E-state index contributed by atoms with van der Waals surface area (Å²) in [5.74, 6) is -0.391. The molecule has 2 rings (SSSR count). The number of carbonyl (C=O) groups is 2. The summed E-state index contributed by atoms with van der Waals surface area (Å²) in [5.41, 5.74) is 0.830. The third-order valence-corrected chi connectivity index (χ3v) is 3.11. The highest BCUT2D eigenvalue weighted by Gasteiger charge is 2.24. The molecule has 0 radical (unpaired) electrons. The van der Waals surface area contributed by atoms with Gasteiger partial charge in [0, 0.05) is 18.3 Å². The largest absolute Gasteiger partial charge is 0.392 e. The summed E-state index contributed by atoms with van der Waals surface area (Å²) in [6.45, 7) is 2.00. The Morgan fingerprint density at radius 1 is 1.33 bits per heavy atom. The van der Waals surface area contributed by atoms with Gasteiger partial charge in [-0.1, -0.05) is 18.2 Å². The van der Waals surface area contributed by atoms with Gasteiger partial charge in [-0.2, -0.15) is 0 Å². The summed E-state index contributed by atoms with van der Waals surface area (Å²) >= 11 is 0. The molecule has 0 bridgehead atoms. The highest BCUT2D eigenvalue weighted by molar-refractivity contribution is 5.96. The van der Waals surface area contributed by atoms with E-state index in [-0.39, 0.29) is 12.6 Å². The number of benzene rings is 1. The topological polar surface area (TPSA) is 81.7 Å². The molecule has 0 unspecified atom stereocenters. The molecule has 6 nitrogen and oxygen atoms in total. The zero-order chi connectivity index (χ0) is 15.2. The first kappa shape index (κ1) is 15.3. The molecule has 6 heteroatoms. The molecule has 114 valence electrons. The van der Waals surface area contributed by atoms with Gasteiger partial charge in [0.25, 0.3) is 0 Å². The molecular weight excluding hydrogens is 270 g/mol. The zero-order valence-electron chi connectivity index (χ0n) is 12.1. The molecule has 3 N–H and O–H groups in total. The van der Waals surface area contributed by atoms with Gasteiger partial charge in [0.1, 0.15) is 0 Å². The van der Waals surface area contributed by atoms with E-state index < -0.39 is 18.0 Å². The molecule has 0 aliphatic heterocycles. The molecule has 1 atom stereocenters. The Bertz CT molecular complexity index is 486. The summed E-state index contributed by atoms with van der Waals surface area (Å²) in [6, 6.07) is 9.09. The summed E-state index contributed by atoms with van der Waals surface area (Å²) in [4.78, 5) is 25.2. The first-order valence-electron chi connectivity index (χ1n) is 7.13. The maximum absolute atomic E-state index is 11.9. The van der Waals surface area contributed by atoms with Crippen LogP contribution in [0.5, 0.6) is 0 Å². The number of anilines is 1. The van der Waals surface area contributed by atoms with Crippen molar-refractivity contribution in [1.29, 1.82) is 0 Å². The van der Waals surface area contributed by atoms with Gasteiger partial charge in [-0.25, -0.2) is 4.79 Å². The molecular formula is C15H21N3O3. The minimum Gasteiger partial charge on any atom is -0.392 e. The van der Waals surface area contributed by atoms with Crippen molar-refractivity contribution in [1.82, 2.24) is 10.6 Å². The van der Waals surface area contributed by atoms with Crippen molar-refractivity contribution in [2.75, 3.05) is 18.0 Å². The number of nitrogens with zero attached hydrogens (tertiary/aromatic N) is 1. The molecule has 1 aliphatic rings. The Morgan fingerprint density at radius 3 is 2.57 bits per heavy atom. The standard InChI is InChI=1S/C15H21N3O3/c1-11(19)9-18(13-5-3-2-4-6-13)10-14(20)17-15(21)16-12-7-8-12/h2-6,11-12,19H,7-10H2,1H3,(H2,16,17,20,21)/t11-/m1/s1. The van der Waals surface area contributed by atoms with Gasteiger partial charge in [0.05, 0.1) is 12.6 Å². The number of carbonyl (C=O) groups excluding carboxylic acids is 2. The average Bonchev–Trinajstić information content (AvgIpc) is 3.22.